The second-order valence-corrected chi connectivity index (χ2v) is 10.6. The number of aliphatic carboxylic acids is 1. The molecule has 0 unspecified atom stereocenters. The summed E-state index contributed by atoms with van der Waals surface area (Å²) in [6, 6.07) is 28.5. The Labute approximate surface area is 275 Å². The predicted octanol–water partition coefficient (Wildman–Crippen LogP) is 6.51. The van der Waals surface area contributed by atoms with Crippen LogP contribution >= 0.6 is 0 Å². The molecule has 1 amide bonds. The van der Waals surface area contributed by atoms with Crippen LogP contribution in [0, 0.1) is 0 Å². The average Bonchev–Trinajstić information content (AvgIpc) is 3.51. The van der Waals surface area contributed by atoms with Crippen molar-refractivity contribution in [1.82, 2.24) is 4.90 Å². The quantitative estimate of drug-likeness (QED) is 0.131. The van der Waals surface area contributed by atoms with E-state index in [0.717, 1.165) is 18.5 Å². The fourth-order valence-electron chi connectivity index (χ4n) is 5.47. The number of ether oxygens (including phenoxy) is 1. The number of carbonyl (C=O) groups is 2. The molecule has 0 spiro atoms. The molecule has 3 atom stereocenters. The Hall–Kier alpha value is -4.44. The molecule has 0 bridgehead atoms. The van der Waals surface area contributed by atoms with E-state index >= 15 is 0 Å². The molecular weight excluding hydrogens is 639 g/mol. The summed E-state index contributed by atoms with van der Waals surface area (Å²) in [5.41, 5.74) is 2.27. The smallest absolute Gasteiger partial charge is 0.387 e. The number of benzene rings is 4. The molecular formula is C35H32F2N3NiO5-. The number of likely N-dealkylation sites (tertiary alicyclic amines) is 1. The van der Waals surface area contributed by atoms with Crippen LogP contribution in [0.4, 0.5) is 14.5 Å². The number of nitrogens with zero attached hydrogens (tertiary/aromatic N) is 3. The molecule has 0 saturated carbocycles. The van der Waals surface area contributed by atoms with Crippen LogP contribution in [0.1, 0.15) is 41.2 Å². The van der Waals surface area contributed by atoms with E-state index in [1.807, 2.05) is 30.3 Å². The van der Waals surface area contributed by atoms with Gasteiger partial charge in [0.15, 0.2) is 6.04 Å². The summed E-state index contributed by atoms with van der Waals surface area (Å²) < 4.78 is 30.7. The van der Waals surface area contributed by atoms with Crippen LogP contribution in [0.25, 0.3) is 5.32 Å². The Bertz CT molecular complexity index is 1640. The summed E-state index contributed by atoms with van der Waals surface area (Å²) in [6.45, 7) is -1.81. The number of aliphatic hydroxyl groups excluding tert-OH is 1. The third-order valence-corrected chi connectivity index (χ3v) is 7.59. The summed E-state index contributed by atoms with van der Waals surface area (Å²) in [4.78, 5) is 32.7. The van der Waals surface area contributed by atoms with E-state index in [0.29, 0.717) is 24.1 Å². The minimum absolute atomic E-state index is 0. The van der Waals surface area contributed by atoms with Crippen LogP contribution in [0.2, 0.25) is 0 Å². The van der Waals surface area contributed by atoms with Gasteiger partial charge in [-0.25, -0.2) is 4.79 Å². The van der Waals surface area contributed by atoms with Crippen molar-refractivity contribution in [3.05, 3.63) is 137 Å². The standard InChI is InChI=1S/C35H33F2N3O5.Ni/c36-35(37)45-29-20-10-8-17-26(29)32(41)31(34(43)44)39-30(24-14-5-2-6-15-24)25-16-7-9-18-27(25)38-33(42)28-19-11-21-40(28)22-23-12-3-1-4-13-23;/h1-10,12-18,20,28,31-32,35,41H,11,19,21-22H2,(H2,38,39,42,43,44);/p-1/t28-,31-,32+;/m0./s1. The largest absolute Gasteiger partial charge is 0.625 e. The molecule has 1 aliphatic rings. The molecule has 11 heteroatoms. The average molecular weight is 671 g/mol. The van der Waals surface area contributed by atoms with E-state index in [2.05, 4.69) is 19.9 Å². The molecule has 0 radical (unpaired) electrons. The van der Waals surface area contributed by atoms with Gasteiger partial charge in [-0.05, 0) is 36.6 Å². The third kappa shape index (κ3) is 8.43. The molecule has 1 fully saturated rings. The van der Waals surface area contributed by atoms with Crippen molar-refractivity contribution >= 4 is 23.3 Å². The number of para-hydroxylation sites is 2. The molecule has 1 aliphatic heterocycles. The van der Waals surface area contributed by atoms with Crippen molar-refractivity contribution in [2.75, 3.05) is 6.54 Å². The number of hydrogen-bond acceptors (Lipinski definition) is 6. The van der Waals surface area contributed by atoms with E-state index in [4.69, 9.17) is 0 Å². The first-order valence-corrected chi connectivity index (χ1v) is 14.5. The first-order chi connectivity index (χ1) is 21.8. The van der Waals surface area contributed by atoms with Gasteiger partial charge in [0.1, 0.15) is 11.9 Å². The van der Waals surface area contributed by atoms with Crippen molar-refractivity contribution in [1.29, 1.82) is 0 Å². The van der Waals surface area contributed by atoms with Gasteiger partial charge in [-0.2, -0.15) is 8.78 Å². The van der Waals surface area contributed by atoms with Gasteiger partial charge in [0.25, 0.3) is 0 Å². The van der Waals surface area contributed by atoms with Crippen LogP contribution in [-0.2, 0) is 32.6 Å². The zero-order chi connectivity index (χ0) is 31.8. The topological polar surface area (TPSA) is 114 Å². The first kappa shape index (κ1) is 34.4. The predicted molar refractivity (Wildman–Crippen MR) is 166 cm³/mol. The summed E-state index contributed by atoms with van der Waals surface area (Å²) in [5, 5.41) is 25.9. The molecule has 0 aromatic heterocycles. The molecule has 5 rings (SSSR count). The van der Waals surface area contributed by atoms with E-state index < -0.39 is 30.8 Å². The Morgan fingerprint density at radius 2 is 1.54 bits per heavy atom. The van der Waals surface area contributed by atoms with Crippen LogP contribution in [0.15, 0.2) is 114 Å². The van der Waals surface area contributed by atoms with Crippen molar-refractivity contribution < 1.29 is 49.8 Å². The maximum Gasteiger partial charge on any atom is 0.387 e. The molecule has 1 heterocycles. The van der Waals surface area contributed by atoms with Crippen molar-refractivity contribution in [2.24, 2.45) is 4.99 Å². The third-order valence-electron chi connectivity index (χ3n) is 7.59. The number of carboxylic acid groups (broad SMARTS) is 1. The van der Waals surface area contributed by atoms with Gasteiger partial charge in [0.05, 0.1) is 17.7 Å². The van der Waals surface area contributed by atoms with Gasteiger partial charge in [0.2, 0.25) is 0 Å². The van der Waals surface area contributed by atoms with Crippen molar-refractivity contribution in [3.63, 3.8) is 0 Å². The maximum absolute atomic E-state index is 13.6. The van der Waals surface area contributed by atoms with Gasteiger partial charge in [-0.15, -0.1) is 5.69 Å². The second-order valence-electron chi connectivity index (χ2n) is 10.6. The number of aliphatic hydroxyl groups is 1. The second kappa shape index (κ2) is 16.2. The maximum atomic E-state index is 13.6. The number of aliphatic imine (C=N–C) groups is 1. The van der Waals surface area contributed by atoms with Crippen molar-refractivity contribution in [3.8, 4) is 5.75 Å². The number of halogens is 2. The summed E-state index contributed by atoms with van der Waals surface area (Å²) in [7, 11) is 0. The fourth-order valence-corrected chi connectivity index (χ4v) is 5.47. The van der Waals surface area contributed by atoms with Gasteiger partial charge in [-0.3, -0.25) is 9.89 Å². The summed E-state index contributed by atoms with van der Waals surface area (Å²) in [5.74, 6) is -2.17. The molecule has 242 valence electrons. The molecule has 0 aliphatic carbocycles. The summed E-state index contributed by atoms with van der Waals surface area (Å²) >= 11 is 0. The van der Waals surface area contributed by atoms with Crippen LogP contribution < -0.4 is 4.74 Å². The van der Waals surface area contributed by atoms with E-state index in [9.17, 15) is 28.6 Å². The molecule has 8 nitrogen and oxygen atoms in total. The molecule has 4 aromatic rings. The number of alkyl halides is 2. The Morgan fingerprint density at radius 1 is 0.913 bits per heavy atom. The van der Waals surface area contributed by atoms with Crippen molar-refractivity contribution in [2.45, 2.75) is 44.2 Å². The zero-order valence-corrected chi connectivity index (χ0v) is 25.6. The van der Waals surface area contributed by atoms with Gasteiger partial charge in [0, 0.05) is 34.2 Å². The van der Waals surface area contributed by atoms with Crippen LogP contribution in [0.3, 0.4) is 0 Å². The van der Waals surface area contributed by atoms with Crippen LogP contribution in [-0.4, -0.2) is 57.9 Å². The minimum atomic E-state index is -3.18. The number of carboxylic acids is 1. The molecule has 1 saturated heterocycles. The van der Waals surface area contributed by atoms with E-state index in [1.54, 1.807) is 54.6 Å². The number of carbonyl (C=O) groups excluding carboxylic acids is 1. The number of rotatable bonds is 12. The molecule has 4 aromatic carbocycles. The van der Waals surface area contributed by atoms with Gasteiger partial charge < -0.3 is 25.1 Å². The Morgan fingerprint density at radius 3 is 2.24 bits per heavy atom. The molecule has 46 heavy (non-hydrogen) atoms. The van der Waals surface area contributed by atoms with Gasteiger partial charge in [-0.1, -0.05) is 103 Å². The Kier molecular flexibility index (Phi) is 12.1. The SMILES string of the molecule is O=C(O)[C@@H](N=C(c1ccccc1)c1ccccc1[N-]C(=O)[C@@H]1CCCN1Cc1ccccc1)[C@H](O)c1ccccc1OC(F)F.[Ni]. The monoisotopic (exact) mass is 670 g/mol. The van der Waals surface area contributed by atoms with E-state index in [1.165, 1.54) is 24.3 Å². The van der Waals surface area contributed by atoms with Gasteiger partial charge >= 0.3 is 12.6 Å². The molecule has 2 N–H and O–H groups in total. The van der Waals surface area contributed by atoms with E-state index in [-0.39, 0.29) is 45.1 Å². The number of amides is 1. The normalized spacial score (nSPS) is 16.3. The zero-order valence-electron chi connectivity index (χ0n) is 24.6. The minimum Gasteiger partial charge on any atom is -0.625 e. The summed E-state index contributed by atoms with van der Waals surface area (Å²) in [6.07, 6.45) is -0.330. The number of hydrogen-bond donors (Lipinski definition) is 2. The Balaban J connectivity index is 0.00000480. The first-order valence-electron chi connectivity index (χ1n) is 14.5. The fraction of sp³-hybridized carbons (Fsp3) is 0.229. The van der Waals surface area contributed by atoms with Crippen LogP contribution in [0.5, 0.6) is 5.75 Å².